The molecule has 1 aromatic carbocycles. The van der Waals surface area contributed by atoms with Crippen molar-refractivity contribution in [2.75, 3.05) is 5.32 Å². The molecule has 5 heteroatoms. The van der Waals surface area contributed by atoms with Gasteiger partial charge in [-0.1, -0.05) is 0 Å². The molecule has 4 atom stereocenters. The SMILES string of the molecule is Cc1cc(Br)c(F)cc1NC(=O)C1C2CCC(C2)C1N. The van der Waals surface area contributed by atoms with Crippen LogP contribution in [0.2, 0.25) is 0 Å². The van der Waals surface area contributed by atoms with Crippen LogP contribution in [0.3, 0.4) is 0 Å². The van der Waals surface area contributed by atoms with Crippen LogP contribution < -0.4 is 11.1 Å². The highest BCUT2D eigenvalue weighted by Crippen LogP contribution is 2.48. The second kappa shape index (κ2) is 5.11. The molecule has 3 N–H and O–H groups in total. The van der Waals surface area contributed by atoms with Crippen LogP contribution in [-0.2, 0) is 4.79 Å². The zero-order valence-corrected chi connectivity index (χ0v) is 12.9. The van der Waals surface area contributed by atoms with Crippen LogP contribution in [-0.4, -0.2) is 11.9 Å². The average molecular weight is 341 g/mol. The van der Waals surface area contributed by atoms with Gasteiger partial charge in [-0.15, -0.1) is 0 Å². The Morgan fingerprint density at radius 3 is 2.75 bits per heavy atom. The summed E-state index contributed by atoms with van der Waals surface area (Å²) in [4.78, 5) is 12.4. The van der Waals surface area contributed by atoms with Crippen LogP contribution in [0.1, 0.15) is 24.8 Å². The molecule has 2 bridgehead atoms. The van der Waals surface area contributed by atoms with Gasteiger partial charge in [-0.2, -0.15) is 0 Å². The first-order valence-electron chi connectivity index (χ1n) is 6.99. The van der Waals surface area contributed by atoms with E-state index in [9.17, 15) is 9.18 Å². The highest BCUT2D eigenvalue weighted by atomic mass is 79.9. The molecule has 1 aromatic rings. The second-order valence-corrected chi connectivity index (χ2v) is 6.86. The lowest BCUT2D eigenvalue weighted by molar-refractivity contribution is -0.121. The molecular weight excluding hydrogens is 323 g/mol. The van der Waals surface area contributed by atoms with Crippen molar-refractivity contribution in [3.63, 3.8) is 0 Å². The van der Waals surface area contributed by atoms with Crippen molar-refractivity contribution < 1.29 is 9.18 Å². The van der Waals surface area contributed by atoms with Gasteiger partial charge >= 0.3 is 0 Å². The Hall–Kier alpha value is -0.940. The molecule has 0 aliphatic heterocycles. The Morgan fingerprint density at radius 2 is 2.10 bits per heavy atom. The van der Waals surface area contributed by atoms with Crippen molar-refractivity contribution in [1.29, 1.82) is 0 Å². The van der Waals surface area contributed by atoms with Crippen LogP contribution >= 0.6 is 15.9 Å². The van der Waals surface area contributed by atoms with Crippen molar-refractivity contribution in [3.8, 4) is 0 Å². The van der Waals surface area contributed by atoms with E-state index in [1.165, 1.54) is 6.07 Å². The fourth-order valence-corrected chi connectivity index (χ4v) is 4.18. The van der Waals surface area contributed by atoms with E-state index in [1.807, 2.05) is 6.92 Å². The molecule has 0 heterocycles. The normalized spacial score (nSPS) is 31.6. The summed E-state index contributed by atoms with van der Waals surface area (Å²) in [6, 6.07) is 2.98. The minimum atomic E-state index is -0.372. The quantitative estimate of drug-likeness (QED) is 0.868. The maximum Gasteiger partial charge on any atom is 0.229 e. The number of carbonyl (C=O) groups excluding carboxylic acids is 1. The summed E-state index contributed by atoms with van der Waals surface area (Å²) in [5.74, 6) is 0.326. The average Bonchev–Trinajstić information content (AvgIpc) is 2.96. The van der Waals surface area contributed by atoms with Crippen molar-refractivity contribution in [2.24, 2.45) is 23.5 Å². The van der Waals surface area contributed by atoms with Gasteiger partial charge < -0.3 is 11.1 Å². The molecule has 1 amide bonds. The number of hydrogen-bond acceptors (Lipinski definition) is 2. The Labute approximate surface area is 126 Å². The fraction of sp³-hybridized carbons (Fsp3) is 0.533. The van der Waals surface area contributed by atoms with E-state index >= 15 is 0 Å². The van der Waals surface area contributed by atoms with Gasteiger partial charge in [0, 0.05) is 11.7 Å². The van der Waals surface area contributed by atoms with Crippen molar-refractivity contribution in [1.82, 2.24) is 0 Å². The van der Waals surface area contributed by atoms with Crippen LogP contribution in [0.25, 0.3) is 0 Å². The Balaban J connectivity index is 1.78. The summed E-state index contributed by atoms with van der Waals surface area (Å²) < 4.78 is 14.0. The number of rotatable bonds is 2. The van der Waals surface area contributed by atoms with Gasteiger partial charge in [0.1, 0.15) is 5.82 Å². The minimum Gasteiger partial charge on any atom is -0.327 e. The first-order valence-corrected chi connectivity index (χ1v) is 7.78. The molecule has 3 rings (SSSR count). The molecule has 2 fully saturated rings. The third-order valence-electron chi connectivity index (χ3n) is 4.81. The smallest absolute Gasteiger partial charge is 0.229 e. The third-order valence-corrected chi connectivity index (χ3v) is 5.42. The molecule has 0 saturated heterocycles. The molecule has 0 aromatic heterocycles. The lowest BCUT2D eigenvalue weighted by Crippen LogP contribution is -2.42. The lowest BCUT2D eigenvalue weighted by Gasteiger charge is -2.27. The van der Waals surface area contributed by atoms with Crippen LogP contribution in [0.4, 0.5) is 10.1 Å². The van der Waals surface area contributed by atoms with Gasteiger partial charge in [-0.3, -0.25) is 4.79 Å². The molecule has 2 aliphatic carbocycles. The molecule has 3 nitrogen and oxygen atoms in total. The van der Waals surface area contributed by atoms with Gasteiger partial charge in [0.25, 0.3) is 0 Å². The number of benzene rings is 1. The topological polar surface area (TPSA) is 55.1 Å². The number of nitrogens with one attached hydrogen (secondary N) is 1. The molecule has 108 valence electrons. The van der Waals surface area contributed by atoms with Gasteiger partial charge in [-0.05, 0) is 71.6 Å². The Kier molecular flexibility index (Phi) is 3.58. The van der Waals surface area contributed by atoms with Crippen molar-refractivity contribution in [2.45, 2.75) is 32.2 Å². The van der Waals surface area contributed by atoms with E-state index in [1.54, 1.807) is 6.07 Å². The molecule has 4 unspecified atom stereocenters. The monoisotopic (exact) mass is 340 g/mol. The molecule has 0 spiro atoms. The highest BCUT2D eigenvalue weighted by molar-refractivity contribution is 9.10. The Bertz CT molecular complexity index is 561. The van der Waals surface area contributed by atoms with E-state index in [4.69, 9.17) is 5.73 Å². The van der Waals surface area contributed by atoms with Crippen LogP contribution in [0, 0.1) is 30.5 Å². The van der Waals surface area contributed by atoms with Gasteiger partial charge in [-0.25, -0.2) is 4.39 Å². The minimum absolute atomic E-state index is 0.0469. The zero-order valence-electron chi connectivity index (χ0n) is 11.3. The number of fused-ring (bicyclic) bond motifs is 2. The van der Waals surface area contributed by atoms with Crippen LogP contribution in [0.5, 0.6) is 0 Å². The van der Waals surface area contributed by atoms with Gasteiger partial charge in [0.05, 0.1) is 10.4 Å². The van der Waals surface area contributed by atoms with E-state index < -0.39 is 0 Å². The summed E-state index contributed by atoms with van der Waals surface area (Å²) in [5.41, 5.74) is 7.54. The first-order chi connectivity index (χ1) is 9.47. The second-order valence-electron chi connectivity index (χ2n) is 6.01. The number of aryl methyl sites for hydroxylation is 1. The third kappa shape index (κ3) is 2.27. The summed E-state index contributed by atoms with van der Waals surface area (Å²) in [5, 5.41) is 2.86. The summed E-state index contributed by atoms with van der Waals surface area (Å²) in [6.45, 7) is 1.85. The van der Waals surface area contributed by atoms with Crippen molar-refractivity contribution >= 4 is 27.5 Å². The van der Waals surface area contributed by atoms with E-state index in [0.717, 1.165) is 24.8 Å². The predicted molar refractivity (Wildman–Crippen MR) is 79.8 cm³/mol. The summed E-state index contributed by atoms with van der Waals surface area (Å²) >= 11 is 3.14. The highest BCUT2D eigenvalue weighted by Gasteiger charge is 2.49. The number of amides is 1. The van der Waals surface area contributed by atoms with Crippen molar-refractivity contribution in [3.05, 3.63) is 28.0 Å². The van der Waals surface area contributed by atoms with Gasteiger partial charge in [0.2, 0.25) is 5.91 Å². The molecular formula is C15H18BrFN2O. The molecule has 0 radical (unpaired) electrons. The summed E-state index contributed by atoms with van der Waals surface area (Å²) in [6.07, 6.45) is 3.29. The maximum absolute atomic E-state index is 13.6. The standard InChI is InChI=1S/C15H18BrFN2O/c1-7-4-10(16)11(17)6-12(7)19-15(20)13-8-2-3-9(5-8)14(13)18/h4,6,8-9,13-14H,2-3,5,18H2,1H3,(H,19,20). The maximum atomic E-state index is 13.6. The van der Waals surface area contributed by atoms with E-state index in [2.05, 4.69) is 21.2 Å². The molecule has 20 heavy (non-hydrogen) atoms. The fourth-order valence-electron chi connectivity index (χ4n) is 3.72. The number of carbonyl (C=O) groups is 1. The first kappa shape index (κ1) is 14.0. The molecule has 2 aliphatic rings. The number of nitrogens with two attached hydrogens (primary N) is 1. The van der Waals surface area contributed by atoms with E-state index in [0.29, 0.717) is 22.0 Å². The van der Waals surface area contributed by atoms with E-state index in [-0.39, 0.29) is 23.7 Å². The number of anilines is 1. The van der Waals surface area contributed by atoms with Crippen LogP contribution in [0.15, 0.2) is 16.6 Å². The largest absolute Gasteiger partial charge is 0.327 e. The zero-order chi connectivity index (χ0) is 14.4. The predicted octanol–water partition coefficient (Wildman–Crippen LogP) is 3.21. The Morgan fingerprint density at radius 1 is 1.40 bits per heavy atom. The summed E-state index contributed by atoms with van der Waals surface area (Å²) in [7, 11) is 0. The van der Waals surface area contributed by atoms with Gasteiger partial charge in [0.15, 0.2) is 0 Å². The lowest BCUT2D eigenvalue weighted by atomic mass is 9.84. The number of hydrogen-bond donors (Lipinski definition) is 2. The molecule has 2 saturated carbocycles. The number of halogens is 2.